The Kier molecular flexibility index (Phi) is 5.55. The minimum atomic E-state index is -0.391. The average Bonchev–Trinajstić information content (AvgIpc) is 3.10. The summed E-state index contributed by atoms with van der Waals surface area (Å²) in [4.78, 5) is 28.7. The van der Waals surface area contributed by atoms with Crippen LogP contribution in [-0.4, -0.2) is 41.5 Å². The predicted octanol–water partition coefficient (Wildman–Crippen LogP) is 0.456. The van der Waals surface area contributed by atoms with E-state index in [1.165, 1.54) is 17.7 Å². The molecule has 0 saturated heterocycles. The van der Waals surface area contributed by atoms with Crippen LogP contribution in [0.15, 0.2) is 34.1 Å². The molecule has 2 heterocycles. The van der Waals surface area contributed by atoms with Crippen LogP contribution in [0.4, 0.5) is 0 Å². The van der Waals surface area contributed by atoms with Crippen LogP contribution in [0.5, 0.6) is 11.5 Å². The molecule has 3 rings (SSSR count). The predicted molar refractivity (Wildman–Crippen MR) is 106 cm³/mol. The van der Waals surface area contributed by atoms with E-state index in [0.29, 0.717) is 24.3 Å². The highest BCUT2D eigenvalue weighted by Crippen LogP contribution is 2.24. The average molecular weight is 387 g/mol. The van der Waals surface area contributed by atoms with Gasteiger partial charge in [-0.1, -0.05) is 6.07 Å². The quantitative estimate of drug-likeness (QED) is 0.508. The van der Waals surface area contributed by atoms with Gasteiger partial charge in [-0.3, -0.25) is 13.9 Å². The van der Waals surface area contributed by atoms with Crippen molar-refractivity contribution < 1.29 is 10.2 Å². The molecule has 3 N–H and O–H groups in total. The third-order valence-electron chi connectivity index (χ3n) is 4.97. The molecular weight excluding hydrogens is 362 g/mol. The van der Waals surface area contributed by atoms with E-state index in [2.05, 4.69) is 17.2 Å². The van der Waals surface area contributed by atoms with Crippen LogP contribution in [0.1, 0.15) is 18.9 Å². The Balaban J connectivity index is 1.60. The van der Waals surface area contributed by atoms with E-state index >= 15 is 0 Å². The van der Waals surface area contributed by atoms with Gasteiger partial charge in [0, 0.05) is 26.7 Å². The summed E-state index contributed by atoms with van der Waals surface area (Å²) in [6.45, 7) is 3.37. The summed E-state index contributed by atoms with van der Waals surface area (Å²) < 4.78 is 4.25. The van der Waals surface area contributed by atoms with Crippen molar-refractivity contribution in [2.24, 2.45) is 14.1 Å². The Morgan fingerprint density at radius 3 is 2.61 bits per heavy atom. The lowest BCUT2D eigenvalue weighted by Crippen LogP contribution is -2.37. The van der Waals surface area contributed by atoms with Crippen LogP contribution >= 0.6 is 0 Å². The number of nitrogens with one attached hydrogen (secondary N) is 1. The van der Waals surface area contributed by atoms with E-state index in [1.807, 2.05) is 0 Å². The Hall–Kier alpha value is -3.07. The molecular formula is C19H25N5O4. The van der Waals surface area contributed by atoms with Crippen molar-refractivity contribution in [2.45, 2.75) is 32.4 Å². The number of phenolic OH excluding ortho intramolecular Hbond substituents is 2. The second-order valence-electron chi connectivity index (χ2n) is 7.03. The molecule has 0 fully saturated rings. The number of hydrogen-bond donors (Lipinski definition) is 3. The topological polar surface area (TPSA) is 114 Å². The molecule has 0 amide bonds. The summed E-state index contributed by atoms with van der Waals surface area (Å²) in [5, 5.41) is 22.3. The molecule has 2 aromatic heterocycles. The summed E-state index contributed by atoms with van der Waals surface area (Å²) in [5.41, 5.74) is 1.01. The van der Waals surface area contributed by atoms with E-state index < -0.39 is 5.69 Å². The molecule has 0 aliphatic carbocycles. The Morgan fingerprint density at radius 1 is 1.14 bits per heavy atom. The molecule has 1 unspecified atom stereocenters. The molecule has 9 nitrogen and oxygen atoms in total. The normalized spacial score (nSPS) is 12.5. The van der Waals surface area contributed by atoms with Crippen LogP contribution in [0, 0.1) is 0 Å². The van der Waals surface area contributed by atoms with Crippen LogP contribution in [0.2, 0.25) is 0 Å². The summed E-state index contributed by atoms with van der Waals surface area (Å²) in [6, 6.07) is 5.00. The van der Waals surface area contributed by atoms with Gasteiger partial charge in [0.1, 0.15) is 0 Å². The third-order valence-corrected chi connectivity index (χ3v) is 4.97. The van der Waals surface area contributed by atoms with Gasteiger partial charge in [0.05, 0.1) is 6.33 Å². The number of aromatic nitrogens is 4. The maximum absolute atomic E-state index is 12.4. The van der Waals surface area contributed by atoms with Crippen molar-refractivity contribution in [1.29, 1.82) is 0 Å². The molecule has 0 radical (unpaired) electrons. The van der Waals surface area contributed by atoms with Crippen LogP contribution in [-0.2, 0) is 27.1 Å². The van der Waals surface area contributed by atoms with Gasteiger partial charge in [0.2, 0.25) is 0 Å². The largest absolute Gasteiger partial charge is 0.504 e. The zero-order valence-electron chi connectivity index (χ0n) is 16.2. The lowest BCUT2D eigenvalue weighted by atomic mass is 10.1. The molecule has 1 atom stereocenters. The van der Waals surface area contributed by atoms with Crippen molar-refractivity contribution in [3.63, 3.8) is 0 Å². The minimum absolute atomic E-state index is 0.117. The standard InChI is InChI=1S/C19H25N5O4/c1-12(20-8-6-13-4-5-14(25)15(26)10-13)7-9-24-11-21-17-16(24)18(27)23(3)19(28)22(17)2/h4-5,10-12,20,25-26H,6-9H2,1-3H3. The number of benzene rings is 1. The highest BCUT2D eigenvalue weighted by atomic mass is 16.3. The second kappa shape index (κ2) is 7.89. The van der Waals surface area contributed by atoms with Crippen molar-refractivity contribution in [3.8, 4) is 11.5 Å². The first-order valence-corrected chi connectivity index (χ1v) is 9.14. The van der Waals surface area contributed by atoms with Crippen LogP contribution in [0.3, 0.4) is 0 Å². The van der Waals surface area contributed by atoms with Crippen LogP contribution < -0.4 is 16.6 Å². The summed E-state index contributed by atoms with van der Waals surface area (Å²) >= 11 is 0. The lowest BCUT2D eigenvalue weighted by Gasteiger charge is -2.14. The maximum Gasteiger partial charge on any atom is 0.332 e. The number of hydrogen-bond acceptors (Lipinski definition) is 6. The fourth-order valence-electron chi connectivity index (χ4n) is 3.19. The van der Waals surface area contributed by atoms with Gasteiger partial charge in [0.15, 0.2) is 22.7 Å². The Bertz CT molecular complexity index is 1110. The number of aromatic hydroxyl groups is 2. The minimum Gasteiger partial charge on any atom is -0.504 e. The van der Waals surface area contributed by atoms with Gasteiger partial charge >= 0.3 is 5.69 Å². The number of rotatable bonds is 7. The number of imidazole rings is 1. The lowest BCUT2D eigenvalue weighted by molar-refractivity contribution is 0.403. The number of phenols is 2. The van der Waals surface area contributed by atoms with Crippen LogP contribution in [0.25, 0.3) is 11.2 Å². The zero-order chi connectivity index (χ0) is 20.4. The molecule has 3 aromatic rings. The monoisotopic (exact) mass is 387 g/mol. The summed E-state index contributed by atoms with van der Waals surface area (Å²) in [6.07, 6.45) is 3.09. The summed E-state index contributed by atoms with van der Waals surface area (Å²) in [7, 11) is 3.07. The first-order valence-electron chi connectivity index (χ1n) is 9.14. The van der Waals surface area contributed by atoms with Gasteiger partial charge in [-0.05, 0) is 44.0 Å². The number of aryl methyl sites for hydroxylation is 2. The molecule has 0 saturated carbocycles. The van der Waals surface area contributed by atoms with Gasteiger partial charge in [0.25, 0.3) is 5.56 Å². The molecule has 0 bridgehead atoms. The number of fused-ring (bicyclic) bond motifs is 1. The smallest absolute Gasteiger partial charge is 0.332 e. The van der Waals surface area contributed by atoms with Gasteiger partial charge in [-0.15, -0.1) is 0 Å². The second-order valence-corrected chi connectivity index (χ2v) is 7.03. The SMILES string of the molecule is CC(CCn1cnc2c1c(=O)n(C)c(=O)n2C)NCCc1ccc(O)c(O)c1. The molecule has 150 valence electrons. The molecule has 0 aliphatic rings. The Labute approximate surface area is 161 Å². The molecule has 9 heteroatoms. The van der Waals surface area contributed by atoms with Gasteiger partial charge in [-0.25, -0.2) is 9.78 Å². The molecule has 0 spiro atoms. The van der Waals surface area contributed by atoms with E-state index in [9.17, 15) is 19.8 Å². The maximum atomic E-state index is 12.4. The van der Waals surface area contributed by atoms with Crippen molar-refractivity contribution in [3.05, 3.63) is 50.9 Å². The molecule has 1 aromatic carbocycles. The number of nitrogens with zero attached hydrogens (tertiary/aromatic N) is 4. The van der Waals surface area contributed by atoms with E-state index in [0.717, 1.165) is 23.0 Å². The van der Waals surface area contributed by atoms with Crippen molar-refractivity contribution >= 4 is 11.2 Å². The first kappa shape index (κ1) is 19.7. The molecule has 28 heavy (non-hydrogen) atoms. The molecule has 0 aliphatic heterocycles. The van der Waals surface area contributed by atoms with Gasteiger partial charge in [-0.2, -0.15) is 0 Å². The highest BCUT2D eigenvalue weighted by molar-refractivity contribution is 5.69. The van der Waals surface area contributed by atoms with Gasteiger partial charge < -0.3 is 20.1 Å². The fraction of sp³-hybridized carbons (Fsp3) is 0.421. The fourth-order valence-corrected chi connectivity index (χ4v) is 3.19. The van der Waals surface area contributed by atoms with E-state index in [1.54, 1.807) is 30.1 Å². The summed E-state index contributed by atoms with van der Waals surface area (Å²) in [5.74, 6) is -0.241. The van der Waals surface area contributed by atoms with Crippen molar-refractivity contribution in [1.82, 2.24) is 24.0 Å². The first-order chi connectivity index (χ1) is 13.3. The zero-order valence-corrected chi connectivity index (χ0v) is 16.2. The van der Waals surface area contributed by atoms with E-state index in [-0.39, 0.29) is 23.1 Å². The highest BCUT2D eigenvalue weighted by Gasteiger charge is 2.14. The van der Waals surface area contributed by atoms with Crippen molar-refractivity contribution in [2.75, 3.05) is 6.54 Å². The van der Waals surface area contributed by atoms with E-state index in [4.69, 9.17) is 0 Å². The Morgan fingerprint density at radius 2 is 1.89 bits per heavy atom. The third kappa shape index (κ3) is 3.79.